The molecule has 1 aliphatic rings. The smallest absolute Gasteiger partial charge is 0.270 e. The quantitative estimate of drug-likeness (QED) is 0.827. The topological polar surface area (TPSA) is 88.2 Å². The minimum absolute atomic E-state index is 0.0340. The number of ketones is 1. The van der Waals surface area contributed by atoms with Crippen LogP contribution in [-0.2, 0) is 0 Å². The van der Waals surface area contributed by atoms with Crippen LogP contribution in [0.3, 0.4) is 0 Å². The maximum atomic E-state index is 12.3. The number of Topliss-reactive ketones (excluding diaryl/α,β-unsaturated/α-hetero) is 1. The lowest BCUT2D eigenvalue weighted by atomic mass is 10.1. The van der Waals surface area contributed by atoms with Crippen molar-refractivity contribution in [2.24, 2.45) is 0 Å². The number of hydrogen-bond acceptors (Lipinski definition) is 4. The van der Waals surface area contributed by atoms with Gasteiger partial charge in [-0.05, 0) is 56.2 Å². The summed E-state index contributed by atoms with van der Waals surface area (Å²) in [6.45, 7) is 1.48. The van der Waals surface area contributed by atoms with E-state index in [0.717, 1.165) is 12.8 Å². The van der Waals surface area contributed by atoms with Crippen LogP contribution in [-0.4, -0.2) is 28.6 Å². The fraction of sp³-hybridized carbons (Fsp3) is 0.222. The third kappa shape index (κ3) is 3.84. The van der Waals surface area contributed by atoms with E-state index in [2.05, 4.69) is 15.6 Å². The number of nitrogens with one attached hydrogen (secondary N) is 2. The third-order valence-electron chi connectivity index (χ3n) is 3.72. The van der Waals surface area contributed by atoms with Crippen molar-refractivity contribution < 1.29 is 14.4 Å². The van der Waals surface area contributed by atoms with Gasteiger partial charge < -0.3 is 10.6 Å². The van der Waals surface area contributed by atoms with Crippen LogP contribution in [0, 0.1) is 0 Å². The lowest BCUT2D eigenvalue weighted by molar-refractivity contribution is 0.0945. The van der Waals surface area contributed by atoms with Gasteiger partial charge in [0.2, 0.25) is 0 Å². The highest BCUT2D eigenvalue weighted by molar-refractivity contribution is 6.06. The van der Waals surface area contributed by atoms with Crippen molar-refractivity contribution in [2.75, 3.05) is 5.32 Å². The predicted octanol–water partition coefficient (Wildman–Crippen LogP) is 2.43. The zero-order valence-corrected chi connectivity index (χ0v) is 13.2. The molecule has 122 valence electrons. The van der Waals surface area contributed by atoms with Gasteiger partial charge >= 0.3 is 0 Å². The number of nitrogens with zero attached hydrogens (tertiary/aromatic N) is 1. The average molecular weight is 323 g/mol. The molecule has 1 heterocycles. The molecule has 1 aliphatic carbocycles. The van der Waals surface area contributed by atoms with E-state index in [1.807, 2.05) is 0 Å². The average Bonchev–Trinajstić information content (AvgIpc) is 3.39. The summed E-state index contributed by atoms with van der Waals surface area (Å²) in [7, 11) is 0. The summed E-state index contributed by atoms with van der Waals surface area (Å²) in [5.74, 6) is -0.639. The first-order chi connectivity index (χ1) is 11.5. The lowest BCUT2D eigenvalue weighted by Crippen LogP contribution is -2.26. The molecule has 24 heavy (non-hydrogen) atoms. The Hall–Kier alpha value is -3.02. The first-order valence-electron chi connectivity index (χ1n) is 7.72. The van der Waals surface area contributed by atoms with E-state index < -0.39 is 0 Å². The Morgan fingerprint density at radius 1 is 1.00 bits per heavy atom. The number of rotatable bonds is 5. The van der Waals surface area contributed by atoms with E-state index in [1.54, 1.807) is 30.3 Å². The van der Waals surface area contributed by atoms with E-state index in [9.17, 15) is 14.4 Å². The lowest BCUT2D eigenvalue weighted by Gasteiger charge is -2.07. The van der Waals surface area contributed by atoms with E-state index in [1.165, 1.54) is 19.2 Å². The molecule has 0 saturated heterocycles. The number of hydrogen-bond donors (Lipinski definition) is 2. The molecule has 1 saturated carbocycles. The van der Waals surface area contributed by atoms with Crippen molar-refractivity contribution >= 4 is 23.3 Å². The summed E-state index contributed by atoms with van der Waals surface area (Å²) in [5, 5.41) is 5.57. The van der Waals surface area contributed by atoms with E-state index in [4.69, 9.17) is 0 Å². The van der Waals surface area contributed by atoms with Crippen LogP contribution in [0.5, 0.6) is 0 Å². The minimum Gasteiger partial charge on any atom is -0.348 e. The molecule has 2 amide bonds. The second-order valence-corrected chi connectivity index (χ2v) is 5.77. The molecule has 2 aromatic rings. The highest BCUT2D eigenvalue weighted by atomic mass is 16.2. The number of anilines is 1. The van der Waals surface area contributed by atoms with Gasteiger partial charge in [0.15, 0.2) is 5.78 Å². The van der Waals surface area contributed by atoms with Gasteiger partial charge in [-0.25, -0.2) is 0 Å². The summed E-state index contributed by atoms with van der Waals surface area (Å²) < 4.78 is 0. The normalized spacial score (nSPS) is 13.2. The van der Waals surface area contributed by atoms with Crippen LogP contribution in [0.2, 0.25) is 0 Å². The molecule has 0 radical (unpaired) electrons. The Kier molecular flexibility index (Phi) is 4.37. The highest BCUT2D eigenvalue weighted by Gasteiger charge is 2.24. The molecule has 0 aliphatic heterocycles. The fourth-order valence-electron chi connectivity index (χ4n) is 2.17. The maximum Gasteiger partial charge on any atom is 0.270 e. The molecular weight excluding hydrogens is 306 g/mol. The van der Waals surface area contributed by atoms with Crippen molar-refractivity contribution in [2.45, 2.75) is 25.8 Å². The van der Waals surface area contributed by atoms with Gasteiger partial charge in [-0.2, -0.15) is 0 Å². The number of benzene rings is 1. The molecule has 0 unspecified atom stereocenters. The largest absolute Gasteiger partial charge is 0.348 e. The second-order valence-electron chi connectivity index (χ2n) is 5.77. The number of pyridine rings is 1. The van der Waals surface area contributed by atoms with Gasteiger partial charge in [-0.3, -0.25) is 19.4 Å². The van der Waals surface area contributed by atoms with Gasteiger partial charge in [0.1, 0.15) is 5.69 Å². The summed E-state index contributed by atoms with van der Waals surface area (Å²) in [5.41, 5.74) is 1.73. The molecular formula is C18H17N3O3. The number of carbonyl (C=O) groups excluding carboxylic acids is 3. The van der Waals surface area contributed by atoms with E-state index in [0.29, 0.717) is 16.8 Å². The Labute approximate surface area is 139 Å². The summed E-state index contributed by atoms with van der Waals surface area (Å²) in [4.78, 5) is 39.6. The Bertz CT molecular complexity index is 795. The van der Waals surface area contributed by atoms with Crippen molar-refractivity contribution in [3.8, 4) is 0 Å². The SMILES string of the molecule is CC(=O)c1ccc(NC(=O)c2ccnc(C(=O)NC3CC3)c2)cc1. The van der Waals surface area contributed by atoms with Crippen molar-refractivity contribution in [1.29, 1.82) is 0 Å². The van der Waals surface area contributed by atoms with Gasteiger partial charge in [-0.1, -0.05) is 0 Å². The van der Waals surface area contributed by atoms with Crippen molar-refractivity contribution in [3.05, 3.63) is 59.4 Å². The predicted molar refractivity (Wildman–Crippen MR) is 89.1 cm³/mol. The maximum absolute atomic E-state index is 12.3. The molecule has 0 spiro atoms. The van der Waals surface area contributed by atoms with Crippen LogP contribution >= 0.6 is 0 Å². The van der Waals surface area contributed by atoms with Crippen molar-refractivity contribution in [3.63, 3.8) is 0 Å². The molecule has 2 N–H and O–H groups in total. The first-order valence-corrected chi connectivity index (χ1v) is 7.72. The van der Waals surface area contributed by atoms with E-state index >= 15 is 0 Å². The van der Waals surface area contributed by atoms with Gasteiger partial charge in [-0.15, -0.1) is 0 Å². The van der Waals surface area contributed by atoms with Crippen LogP contribution in [0.1, 0.15) is 51.0 Å². The molecule has 6 nitrogen and oxygen atoms in total. The summed E-state index contributed by atoms with van der Waals surface area (Å²) in [6.07, 6.45) is 3.42. The fourth-order valence-corrected chi connectivity index (χ4v) is 2.17. The first kappa shape index (κ1) is 15.9. The number of aromatic nitrogens is 1. The molecule has 0 bridgehead atoms. The molecule has 1 fully saturated rings. The zero-order chi connectivity index (χ0) is 17.1. The van der Waals surface area contributed by atoms with Crippen LogP contribution < -0.4 is 10.6 Å². The molecule has 0 atom stereocenters. The van der Waals surface area contributed by atoms with Crippen LogP contribution in [0.15, 0.2) is 42.6 Å². The standard InChI is InChI=1S/C18H17N3O3/c1-11(22)12-2-4-14(5-3-12)20-17(23)13-8-9-19-16(10-13)18(24)21-15-6-7-15/h2-5,8-10,15H,6-7H2,1H3,(H,20,23)(H,21,24). The van der Waals surface area contributed by atoms with E-state index in [-0.39, 0.29) is 29.3 Å². The highest BCUT2D eigenvalue weighted by Crippen LogP contribution is 2.19. The third-order valence-corrected chi connectivity index (χ3v) is 3.72. The zero-order valence-electron chi connectivity index (χ0n) is 13.2. The Morgan fingerprint density at radius 2 is 1.71 bits per heavy atom. The summed E-state index contributed by atoms with van der Waals surface area (Å²) in [6, 6.07) is 9.88. The van der Waals surface area contributed by atoms with Crippen LogP contribution in [0.25, 0.3) is 0 Å². The van der Waals surface area contributed by atoms with Crippen LogP contribution in [0.4, 0.5) is 5.69 Å². The second kappa shape index (κ2) is 6.62. The number of carbonyl (C=O) groups is 3. The molecule has 6 heteroatoms. The Morgan fingerprint density at radius 3 is 2.33 bits per heavy atom. The van der Waals surface area contributed by atoms with Gasteiger partial charge in [0.25, 0.3) is 11.8 Å². The molecule has 1 aromatic heterocycles. The van der Waals surface area contributed by atoms with Crippen molar-refractivity contribution in [1.82, 2.24) is 10.3 Å². The minimum atomic E-state index is -0.339. The molecule has 1 aromatic carbocycles. The number of amides is 2. The Balaban J connectivity index is 1.70. The molecule has 3 rings (SSSR count). The monoisotopic (exact) mass is 323 g/mol. The summed E-state index contributed by atoms with van der Waals surface area (Å²) >= 11 is 0. The van der Waals surface area contributed by atoms with Gasteiger partial charge in [0.05, 0.1) is 0 Å². The van der Waals surface area contributed by atoms with Gasteiger partial charge in [0, 0.05) is 29.1 Å².